The molecule has 0 aliphatic rings. The summed E-state index contributed by atoms with van der Waals surface area (Å²) in [7, 11) is -4.46. The number of carbonyl (C=O) groups excluding carboxylic acids is 3. The number of quaternary nitrogens is 1. The van der Waals surface area contributed by atoms with Crippen LogP contribution in [0.3, 0.4) is 0 Å². The second-order valence-corrected chi connectivity index (χ2v) is 12.5. The van der Waals surface area contributed by atoms with E-state index in [0.717, 1.165) is 38.5 Å². The van der Waals surface area contributed by atoms with Crippen LogP contribution < -0.4 is 11.5 Å². The predicted molar refractivity (Wildman–Crippen MR) is 171 cm³/mol. The van der Waals surface area contributed by atoms with E-state index in [1.165, 1.54) is 77.6 Å². The zero-order valence-electron chi connectivity index (χ0n) is 27.7. The second kappa shape index (κ2) is 30.5. The van der Waals surface area contributed by atoms with Crippen LogP contribution in [0.4, 0.5) is 0 Å². The number of amides is 1. The maximum atomic E-state index is 12.4. The van der Waals surface area contributed by atoms with Gasteiger partial charge in [-0.2, -0.15) is 0 Å². The molecule has 0 radical (unpaired) electrons. The Morgan fingerprint density at radius 1 is 0.674 bits per heavy atom. The number of hydrogen-bond acceptors (Lipinski definition) is 8. The van der Waals surface area contributed by atoms with Gasteiger partial charge in [-0.15, -0.1) is 0 Å². The molecule has 0 aromatic rings. The highest BCUT2D eigenvalue weighted by atomic mass is 31.2. The number of ether oxygens (including phenoxy) is 2. The third-order valence-electron chi connectivity index (χ3n) is 6.85. The minimum absolute atomic E-state index is 0. The van der Waals surface area contributed by atoms with E-state index in [1.54, 1.807) is 0 Å². The normalized spacial score (nSPS) is 13.0. The number of phosphoric acid groups is 1. The SMILES string of the molecule is CCCCCCCCCCCC(=O)OC[C@H](COP(=O)(O)OCCNC(C)=O)OC(=O)CCCCCCCCCCC.[NH4+]. The van der Waals surface area contributed by atoms with Crippen LogP contribution in [0.15, 0.2) is 0 Å². The van der Waals surface area contributed by atoms with E-state index in [0.29, 0.717) is 6.42 Å². The largest absolute Gasteiger partial charge is 0.472 e. The molecule has 1 amide bonds. The van der Waals surface area contributed by atoms with Crippen LogP contribution >= 0.6 is 7.82 Å². The number of phosphoric ester groups is 1. The summed E-state index contributed by atoms with van der Waals surface area (Å²) in [4.78, 5) is 45.6. The quantitative estimate of drug-likeness (QED) is 0.0400. The second-order valence-electron chi connectivity index (χ2n) is 11.0. The monoisotopic (exact) mass is 639 g/mol. The maximum absolute atomic E-state index is 12.4. The molecular formula is C31H64N2O9P+. The van der Waals surface area contributed by atoms with Crippen LogP contribution in [0.5, 0.6) is 0 Å². The minimum atomic E-state index is -4.46. The van der Waals surface area contributed by atoms with Gasteiger partial charge in [-0.25, -0.2) is 4.57 Å². The lowest BCUT2D eigenvalue weighted by Gasteiger charge is -2.20. The smallest absolute Gasteiger partial charge is 0.462 e. The van der Waals surface area contributed by atoms with E-state index in [2.05, 4.69) is 19.2 Å². The summed E-state index contributed by atoms with van der Waals surface area (Å²) < 4.78 is 32.8. The highest BCUT2D eigenvalue weighted by Crippen LogP contribution is 2.43. The maximum Gasteiger partial charge on any atom is 0.472 e. The van der Waals surface area contributed by atoms with Gasteiger partial charge in [0, 0.05) is 26.3 Å². The zero-order chi connectivity index (χ0) is 31.3. The van der Waals surface area contributed by atoms with Crippen LogP contribution in [0.2, 0.25) is 0 Å². The first-order valence-corrected chi connectivity index (χ1v) is 17.9. The summed E-state index contributed by atoms with van der Waals surface area (Å²) in [5, 5.41) is 2.44. The number of rotatable bonds is 30. The Labute approximate surface area is 261 Å². The molecule has 0 spiro atoms. The van der Waals surface area contributed by atoms with E-state index >= 15 is 0 Å². The van der Waals surface area contributed by atoms with Crippen molar-refractivity contribution in [2.24, 2.45) is 0 Å². The van der Waals surface area contributed by atoms with E-state index in [-0.39, 0.29) is 44.7 Å². The Hall–Kier alpha value is -1.52. The summed E-state index contributed by atoms with van der Waals surface area (Å²) in [6.07, 6.45) is 19.7. The lowest BCUT2D eigenvalue weighted by molar-refractivity contribution is -0.161. The van der Waals surface area contributed by atoms with Crippen molar-refractivity contribution in [3.8, 4) is 0 Å². The molecule has 0 aromatic carbocycles. The molecule has 43 heavy (non-hydrogen) atoms. The fraction of sp³-hybridized carbons (Fsp3) is 0.903. The zero-order valence-corrected chi connectivity index (χ0v) is 28.6. The van der Waals surface area contributed by atoms with E-state index in [9.17, 15) is 23.8 Å². The van der Waals surface area contributed by atoms with Crippen molar-refractivity contribution >= 4 is 25.7 Å². The third-order valence-corrected chi connectivity index (χ3v) is 7.84. The number of unbranched alkanes of at least 4 members (excludes halogenated alkanes) is 16. The Morgan fingerprint density at radius 3 is 1.58 bits per heavy atom. The van der Waals surface area contributed by atoms with Gasteiger partial charge in [0.15, 0.2) is 6.10 Å². The molecular weight excluding hydrogens is 575 g/mol. The molecule has 0 saturated carbocycles. The van der Waals surface area contributed by atoms with Crippen molar-refractivity contribution in [2.45, 2.75) is 155 Å². The highest BCUT2D eigenvalue weighted by Gasteiger charge is 2.26. The molecule has 0 heterocycles. The Bertz CT molecular complexity index is 740. The summed E-state index contributed by atoms with van der Waals surface area (Å²) >= 11 is 0. The van der Waals surface area contributed by atoms with Gasteiger partial charge in [0.2, 0.25) is 5.91 Å². The Morgan fingerprint density at radius 2 is 1.12 bits per heavy atom. The highest BCUT2D eigenvalue weighted by molar-refractivity contribution is 7.47. The lowest BCUT2D eigenvalue weighted by Crippen LogP contribution is -2.30. The first-order chi connectivity index (χ1) is 20.2. The van der Waals surface area contributed by atoms with Crippen molar-refractivity contribution in [2.75, 3.05) is 26.4 Å². The minimum Gasteiger partial charge on any atom is -0.462 e. The van der Waals surface area contributed by atoms with E-state index in [1.807, 2.05) is 0 Å². The van der Waals surface area contributed by atoms with Gasteiger partial charge in [0.1, 0.15) is 6.61 Å². The van der Waals surface area contributed by atoms with Gasteiger partial charge >= 0.3 is 19.8 Å². The fourth-order valence-electron chi connectivity index (χ4n) is 4.38. The van der Waals surface area contributed by atoms with Crippen molar-refractivity contribution in [3.05, 3.63) is 0 Å². The van der Waals surface area contributed by atoms with Crippen LogP contribution in [0.25, 0.3) is 0 Å². The number of esters is 2. The average Bonchev–Trinajstić information content (AvgIpc) is 2.95. The molecule has 0 bridgehead atoms. The molecule has 2 atom stereocenters. The van der Waals surface area contributed by atoms with Gasteiger partial charge < -0.3 is 25.8 Å². The first-order valence-electron chi connectivity index (χ1n) is 16.4. The standard InChI is InChI=1S/C31H60NO9P.H3N/c1-4-6-8-10-12-14-16-18-20-22-30(34)38-26-29(27-40-42(36,37)39-25-24-32-28(3)33)41-31(35)23-21-19-17-15-13-11-9-7-5-2;/h29H,4-27H2,1-3H3,(H,32,33)(H,36,37);1H3/p+1/t29-;/m1./s1. The number of nitrogens with one attached hydrogen (secondary N) is 1. The van der Waals surface area contributed by atoms with Crippen molar-refractivity contribution < 1.29 is 42.4 Å². The van der Waals surface area contributed by atoms with Gasteiger partial charge in [0.25, 0.3) is 0 Å². The number of carbonyl (C=O) groups is 3. The topological polar surface area (TPSA) is 174 Å². The van der Waals surface area contributed by atoms with Crippen LogP contribution in [-0.2, 0) is 37.5 Å². The molecule has 0 rings (SSSR count). The molecule has 0 aromatic heterocycles. The summed E-state index contributed by atoms with van der Waals surface area (Å²) in [6.45, 7) is 4.79. The van der Waals surface area contributed by atoms with Crippen molar-refractivity contribution in [3.63, 3.8) is 0 Å². The molecule has 0 aliphatic carbocycles. The van der Waals surface area contributed by atoms with E-state index in [4.69, 9.17) is 18.5 Å². The summed E-state index contributed by atoms with van der Waals surface area (Å²) in [5.74, 6) is -1.17. The Balaban J connectivity index is 0. The van der Waals surface area contributed by atoms with Gasteiger partial charge in [-0.3, -0.25) is 23.4 Å². The van der Waals surface area contributed by atoms with Crippen LogP contribution in [-0.4, -0.2) is 55.2 Å². The average molecular weight is 640 g/mol. The van der Waals surface area contributed by atoms with Crippen LogP contribution in [0.1, 0.15) is 149 Å². The summed E-state index contributed by atoms with van der Waals surface area (Å²) in [5.41, 5.74) is 0. The van der Waals surface area contributed by atoms with Gasteiger partial charge in [-0.1, -0.05) is 117 Å². The van der Waals surface area contributed by atoms with E-state index < -0.39 is 32.5 Å². The molecule has 6 N–H and O–H groups in total. The van der Waals surface area contributed by atoms with Crippen molar-refractivity contribution in [1.29, 1.82) is 0 Å². The molecule has 12 heteroatoms. The number of hydrogen-bond donors (Lipinski definition) is 3. The fourth-order valence-corrected chi connectivity index (χ4v) is 5.13. The molecule has 0 saturated heterocycles. The third kappa shape index (κ3) is 31.7. The van der Waals surface area contributed by atoms with Crippen molar-refractivity contribution in [1.82, 2.24) is 11.5 Å². The van der Waals surface area contributed by atoms with Gasteiger partial charge in [0.05, 0.1) is 13.2 Å². The summed E-state index contributed by atoms with van der Waals surface area (Å²) in [6, 6.07) is 0. The molecule has 11 nitrogen and oxygen atoms in total. The molecule has 0 aliphatic heterocycles. The predicted octanol–water partition coefficient (Wildman–Crippen LogP) is 7.93. The van der Waals surface area contributed by atoms with Gasteiger partial charge in [-0.05, 0) is 12.8 Å². The molecule has 0 fully saturated rings. The molecule has 1 unspecified atom stereocenters. The molecule has 256 valence electrons. The lowest BCUT2D eigenvalue weighted by atomic mass is 10.1. The van der Waals surface area contributed by atoms with Crippen LogP contribution in [0, 0.1) is 0 Å². The first kappa shape index (κ1) is 43.6. The Kier molecular flexibility index (Phi) is 30.9.